The number of nitrogens with one attached hydrogen (secondary N) is 1. The van der Waals surface area contributed by atoms with E-state index in [1.165, 1.54) is 6.92 Å². The zero-order valence-corrected chi connectivity index (χ0v) is 9.69. The van der Waals surface area contributed by atoms with Crippen LogP contribution in [0.3, 0.4) is 0 Å². The quantitative estimate of drug-likeness (QED) is 0.806. The van der Waals surface area contributed by atoms with Gasteiger partial charge in [-0.1, -0.05) is 0 Å². The molecule has 0 heterocycles. The number of halogens is 3. The monoisotopic (exact) mass is 268 g/mol. The molecule has 1 aromatic rings. The molecule has 0 saturated carbocycles. The fourth-order valence-electron chi connectivity index (χ4n) is 1.01. The van der Waals surface area contributed by atoms with E-state index in [4.69, 9.17) is 5.73 Å². The van der Waals surface area contributed by atoms with E-state index in [1.54, 1.807) is 0 Å². The Morgan fingerprint density at radius 2 is 1.76 bits per heavy atom. The van der Waals surface area contributed by atoms with E-state index >= 15 is 0 Å². The molecule has 0 aliphatic rings. The molecule has 0 aliphatic heterocycles. The van der Waals surface area contributed by atoms with Gasteiger partial charge in [-0.2, -0.15) is 0 Å². The second kappa shape index (κ2) is 4.92. The van der Waals surface area contributed by atoms with Crippen molar-refractivity contribution in [2.24, 2.45) is 5.73 Å². The summed E-state index contributed by atoms with van der Waals surface area (Å²) in [6.45, 7) is 1.18. The summed E-state index contributed by atoms with van der Waals surface area (Å²) in [6.07, 6.45) is 0. The van der Waals surface area contributed by atoms with Crippen LogP contribution in [-0.4, -0.2) is 20.2 Å². The maximum atomic E-state index is 12.8. The van der Waals surface area contributed by atoms with E-state index in [2.05, 4.69) is 0 Å². The average Bonchev–Trinajstić information content (AvgIpc) is 2.24. The third-order valence-corrected chi connectivity index (χ3v) is 3.88. The molecule has 0 fully saturated rings. The predicted molar refractivity (Wildman–Crippen MR) is 57.4 cm³/mol. The van der Waals surface area contributed by atoms with Crippen LogP contribution in [-0.2, 0) is 10.0 Å². The second-order valence-electron chi connectivity index (χ2n) is 3.45. The number of sulfonamides is 1. The van der Waals surface area contributed by atoms with Gasteiger partial charge in [-0.15, -0.1) is 0 Å². The minimum atomic E-state index is -3.84. The highest BCUT2D eigenvalue weighted by atomic mass is 32.2. The molecule has 1 rings (SSSR count). The van der Waals surface area contributed by atoms with E-state index in [0.29, 0.717) is 12.1 Å². The lowest BCUT2D eigenvalue weighted by molar-refractivity contribution is 0.448. The van der Waals surface area contributed by atoms with Gasteiger partial charge in [0.15, 0.2) is 17.5 Å². The van der Waals surface area contributed by atoms with Gasteiger partial charge in [0.2, 0.25) is 10.0 Å². The standard InChI is InChI=1S/C9H11F3N2O2S/c1-5(4-13)17(15,16)14-6-2-7(10)9(12)8(11)3-6/h2-3,5,14H,4,13H2,1H3. The molecule has 0 bridgehead atoms. The van der Waals surface area contributed by atoms with Gasteiger partial charge >= 0.3 is 0 Å². The third-order valence-electron chi connectivity index (χ3n) is 2.11. The van der Waals surface area contributed by atoms with E-state index in [1.807, 2.05) is 4.72 Å². The smallest absolute Gasteiger partial charge is 0.236 e. The van der Waals surface area contributed by atoms with Crippen molar-refractivity contribution in [3.05, 3.63) is 29.6 Å². The Hall–Kier alpha value is -1.28. The number of hydrogen-bond donors (Lipinski definition) is 2. The lowest BCUT2D eigenvalue weighted by atomic mass is 10.3. The number of rotatable bonds is 4. The first-order valence-corrected chi connectivity index (χ1v) is 6.18. The van der Waals surface area contributed by atoms with Crippen LogP contribution in [0.1, 0.15) is 6.92 Å². The lowest BCUT2D eigenvalue weighted by Crippen LogP contribution is -2.31. The van der Waals surface area contributed by atoms with Crippen molar-refractivity contribution in [2.45, 2.75) is 12.2 Å². The molecule has 0 amide bonds. The van der Waals surface area contributed by atoms with Crippen molar-refractivity contribution in [1.29, 1.82) is 0 Å². The number of anilines is 1. The van der Waals surface area contributed by atoms with Gasteiger partial charge in [-0.3, -0.25) is 4.72 Å². The number of hydrogen-bond acceptors (Lipinski definition) is 3. The van der Waals surface area contributed by atoms with Gasteiger partial charge in [0.1, 0.15) is 0 Å². The Kier molecular flexibility index (Phi) is 3.99. The molecule has 8 heteroatoms. The van der Waals surface area contributed by atoms with Crippen molar-refractivity contribution in [3.8, 4) is 0 Å². The third kappa shape index (κ3) is 3.10. The zero-order chi connectivity index (χ0) is 13.2. The fourth-order valence-corrected chi connectivity index (χ4v) is 1.91. The van der Waals surface area contributed by atoms with E-state index in [-0.39, 0.29) is 12.2 Å². The summed E-state index contributed by atoms with van der Waals surface area (Å²) in [5, 5.41) is -0.932. The number of benzene rings is 1. The first-order valence-electron chi connectivity index (χ1n) is 4.64. The maximum Gasteiger partial charge on any atom is 0.236 e. The molecule has 17 heavy (non-hydrogen) atoms. The van der Waals surface area contributed by atoms with Crippen molar-refractivity contribution >= 4 is 15.7 Å². The summed E-state index contributed by atoms with van der Waals surface area (Å²) in [5.41, 5.74) is 4.78. The SMILES string of the molecule is CC(CN)S(=O)(=O)Nc1cc(F)c(F)c(F)c1. The Labute approximate surface area is 96.7 Å². The Balaban J connectivity index is 3.05. The van der Waals surface area contributed by atoms with Gasteiger partial charge in [0.25, 0.3) is 0 Å². The van der Waals surface area contributed by atoms with Crippen molar-refractivity contribution in [3.63, 3.8) is 0 Å². The van der Waals surface area contributed by atoms with Crippen LogP contribution >= 0.6 is 0 Å². The highest BCUT2D eigenvalue weighted by Crippen LogP contribution is 2.19. The normalized spacial score (nSPS) is 13.5. The largest absolute Gasteiger partial charge is 0.329 e. The minimum absolute atomic E-state index is 0.151. The number of nitrogens with two attached hydrogens (primary N) is 1. The van der Waals surface area contributed by atoms with Gasteiger partial charge in [-0.25, -0.2) is 21.6 Å². The van der Waals surface area contributed by atoms with Crippen molar-refractivity contribution in [2.75, 3.05) is 11.3 Å². The maximum absolute atomic E-state index is 12.8. The molecule has 4 nitrogen and oxygen atoms in total. The van der Waals surface area contributed by atoms with E-state index in [9.17, 15) is 21.6 Å². The van der Waals surface area contributed by atoms with Crippen LogP contribution in [0.2, 0.25) is 0 Å². The summed E-state index contributed by atoms with van der Waals surface area (Å²) in [7, 11) is -3.84. The molecule has 1 atom stereocenters. The van der Waals surface area contributed by atoms with Crippen LogP contribution in [0.4, 0.5) is 18.9 Å². The molecule has 0 radical (unpaired) electrons. The molecule has 1 unspecified atom stereocenters. The molecular weight excluding hydrogens is 257 g/mol. The second-order valence-corrected chi connectivity index (χ2v) is 5.55. The highest BCUT2D eigenvalue weighted by molar-refractivity contribution is 7.93. The Morgan fingerprint density at radius 3 is 2.18 bits per heavy atom. The summed E-state index contributed by atoms with van der Waals surface area (Å²) >= 11 is 0. The van der Waals surface area contributed by atoms with Crippen LogP contribution < -0.4 is 10.5 Å². The molecule has 0 spiro atoms. The van der Waals surface area contributed by atoms with Crippen molar-refractivity contribution in [1.82, 2.24) is 0 Å². The summed E-state index contributed by atoms with van der Waals surface area (Å²) in [5.74, 6) is -4.59. The molecule has 0 aromatic heterocycles. The van der Waals surface area contributed by atoms with Gasteiger partial charge in [-0.05, 0) is 6.92 Å². The van der Waals surface area contributed by atoms with E-state index < -0.39 is 32.7 Å². The predicted octanol–water partition coefficient (Wildman–Crippen LogP) is 1.19. The molecule has 1 aromatic carbocycles. The molecule has 0 aliphatic carbocycles. The van der Waals surface area contributed by atoms with Gasteiger partial charge in [0, 0.05) is 18.7 Å². The highest BCUT2D eigenvalue weighted by Gasteiger charge is 2.20. The topological polar surface area (TPSA) is 72.2 Å². The molecule has 3 N–H and O–H groups in total. The molecule has 96 valence electrons. The van der Waals surface area contributed by atoms with Crippen molar-refractivity contribution < 1.29 is 21.6 Å². The summed E-state index contributed by atoms with van der Waals surface area (Å²) in [4.78, 5) is 0. The van der Waals surface area contributed by atoms with Crippen LogP contribution in [0.25, 0.3) is 0 Å². The Bertz CT molecular complexity index is 496. The molecular formula is C9H11F3N2O2S. The Morgan fingerprint density at radius 1 is 1.29 bits per heavy atom. The fraction of sp³-hybridized carbons (Fsp3) is 0.333. The lowest BCUT2D eigenvalue weighted by Gasteiger charge is -2.13. The van der Waals surface area contributed by atoms with Gasteiger partial charge < -0.3 is 5.73 Å². The summed E-state index contributed by atoms with van der Waals surface area (Å²) < 4.78 is 63.2. The van der Waals surface area contributed by atoms with Crippen LogP contribution in [0, 0.1) is 17.5 Å². The van der Waals surface area contributed by atoms with E-state index in [0.717, 1.165) is 0 Å². The van der Waals surface area contributed by atoms with Crippen LogP contribution in [0.15, 0.2) is 12.1 Å². The zero-order valence-electron chi connectivity index (χ0n) is 8.88. The summed E-state index contributed by atoms with van der Waals surface area (Å²) in [6, 6.07) is 1.11. The minimum Gasteiger partial charge on any atom is -0.329 e. The van der Waals surface area contributed by atoms with Gasteiger partial charge in [0.05, 0.1) is 10.9 Å². The average molecular weight is 268 g/mol. The molecule has 0 saturated heterocycles. The van der Waals surface area contributed by atoms with Crippen LogP contribution in [0.5, 0.6) is 0 Å². The first kappa shape index (κ1) is 13.8. The first-order chi connectivity index (χ1) is 7.77.